The smallest absolute Gasteiger partial charge is 0.259 e. The van der Waals surface area contributed by atoms with Crippen LogP contribution in [-0.2, 0) is 9.59 Å². The molecule has 0 spiro atoms. The maximum absolute atomic E-state index is 12.4. The van der Waals surface area contributed by atoms with Gasteiger partial charge in [-0.15, -0.1) is 0 Å². The molecule has 0 aliphatic heterocycles. The topological polar surface area (TPSA) is 46.2 Å². The Kier molecular flexibility index (Phi) is 5.12. The Morgan fingerprint density at radius 3 is 2.27 bits per heavy atom. The fourth-order valence-electron chi connectivity index (χ4n) is 1.96. The molecule has 2 aromatic carbocycles. The summed E-state index contributed by atoms with van der Waals surface area (Å²) in [5.41, 5.74) is 2.47. The molecular formula is C18H16ClNO2. The average molecular weight is 314 g/mol. The van der Waals surface area contributed by atoms with E-state index in [1.165, 1.54) is 6.92 Å². The van der Waals surface area contributed by atoms with E-state index in [0.717, 1.165) is 11.1 Å². The summed E-state index contributed by atoms with van der Waals surface area (Å²) in [5, 5.41) is 3.37. The summed E-state index contributed by atoms with van der Waals surface area (Å²) < 4.78 is 0. The standard InChI is InChI=1S/C18H16ClNO2/c1-12-5-3-4-6-17(12)20-18(22)16(13(2)21)11-14-7-9-15(19)10-8-14/h3-11H,1-2H3,(H,20,22)/b16-11+. The molecule has 0 unspecified atom stereocenters. The van der Waals surface area contributed by atoms with Crippen LogP contribution in [0.4, 0.5) is 5.69 Å². The zero-order valence-corrected chi connectivity index (χ0v) is 13.1. The van der Waals surface area contributed by atoms with Crippen LogP contribution in [0, 0.1) is 6.92 Å². The number of anilines is 1. The summed E-state index contributed by atoms with van der Waals surface area (Å²) in [6.45, 7) is 3.27. The number of benzene rings is 2. The molecule has 1 N–H and O–H groups in total. The molecule has 3 nitrogen and oxygen atoms in total. The minimum absolute atomic E-state index is 0.102. The van der Waals surface area contributed by atoms with Gasteiger partial charge in [0.15, 0.2) is 5.78 Å². The second-order valence-corrected chi connectivity index (χ2v) is 5.37. The molecule has 0 saturated heterocycles. The number of rotatable bonds is 4. The maximum atomic E-state index is 12.4. The molecule has 0 saturated carbocycles. The Morgan fingerprint density at radius 2 is 1.68 bits per heavy atom. The van der Waals surface area contributed by atoms with Crippen molar-refractivity contribution in [2.45, 2.75) is 13.8 Å². The van der Waals surface area contributed by atoms with E-state index < -0.39 is 5.91 Å². The second kappa shape index (κ2) is 7.05. The first-order valence-electron chi connectivity index (χ1n) is 6.82. The summed E-state index contributed by atoms with van der Waals surface area (Å²) in [5.74, 6) is -0.710. The molecule has 112 valence electrons. The fraction of sp³-hybridized carbons (Fsp3) is 0.111. The molecule has 0 bridgehead atoms. The lowest BCUT2D eigenvalue weighted by atomic mass is 10.1. The molecule has 2 rings (SSSR count). The van der Waals surface area contributed by atoms with E-state index in [0.29, 0.717) is 10.7 Å². The number of amides is 1. The van der Waals surface area contributed by atoms with E-state index in [4.69, 9.17) is 11.6 Å². The van der Waals surface area contributed by atoms with Gasteiger partial charge in [-0.2, -0.15) is 0 Å². The Labute approximate surface area is 134 Å². The zero-order chi connectivity index (χ0) is 16.1. The number of carbonyl (C=O) groups excluding carboxylic acids is 2. The number of Topliss-reactive ketones (excluding diaryl/α,β-unsaturated/α-hetero) is 1. The van der Waals surface area contributed by atoms with E-state index in [2.05, 4.69) is 5.32 Å². The van der Waals surface area contributed by atoms with Crippen molar-refractivity contribution >= 4 is 35.1 Å². The van der Waals surface area contributed by atoms with E-state index in [9.17, 15) is 9.59 Å². The minimum atomic E-state index is -0.420. The van der Waals surface area contributed by atoms with Crippen LogP contribution in [-0.4, -0.2) is 11.7 Å². The van der Waals surface area contributed by atoms with Crippen molar-refractivity contribution in [2.24, 2.45) is 0 Å². The lowest BCUT2D eigenvalue weighted by Gasteiger charge is -2.09. The van der Waals surface area contributed by atoms with Crippen molar-refractivity contribution in [3.05, 3.63) is 70.3 Å². The highest BCUT2D eigenvalue weighted by atomic mass is 35.5. The van der Waals surface area contributed by atoms with Gasteiger partial charge in [0.2, 0.25) is 0 Å². The van der Waals surface area contributed by atoms with E-state index >= 15 is 0 Å². The van der Waals surface area contributed by atoms with Crippen LogP contribution in [0.15, 0.2) is 54.1 Å². The van der Waals surface area contributed by atoms with Crippen molar-refractivity contribution in [3.8, 4) is 0 Å². The summed E-state index contributed by atoms with van der Waals surface area (Å²) >= 11 is 5.83. The number of hydrogen-bond acceptors (Lipinski definition) is 2. The highest BCUT2D eigenvalue weighted by Gasteiger charge is 2.15. The van der Waals surface area contributed by atoms with Crippen molar-refractivity contribution in [2.75, 3.05) is 5.32 Å². The molecule has 1 amide bonds. The van der Waals surface area contributed by atoms with E-state index in [1.54, 1.807) is 36.4 Å². The third-order valence-electron chi connectivity index (χ3n) is 3.20. The summed E-state index contributed by atoms with van der Waals surface area (Å²) in [4.78, 5) is 24.1. The summed E-state index contributed by atoms with van der Waals surface area (Å²) in [6.07, 6.45) is 1.56. The molecule has 0 radical (unpaired) electrons. The lowest BCUT2D eigenvalue weighted by molar-refractivity contribution is -0.118. The predicted molar refractivity (Wildman–Crippen MR) is 89.9 cm³/mol. The van der Waals surface area contributed by atoms with Crippen LogP contribution in [0.1, 0.15) is 18.1 Å². The lowest BCUT2D eigenvalue weighted by Crippen LogP contribution is -2.19. The molecule has 0 aromatic heterocycles. The fourth-order valence-corrected chi connectivity index (χ4v) is 2.08. The number of halogens is 1. The van der Waals surface area contributed by atoms with Gasteiger partial charge in [-0.05, 0) is 49.2 Å². The highest BCUT2D eigenvalue weighted by Crippen LogP contribution is 2.17. The quantitative estimate of drug-likeness (QED) is 0.521. The van der Waals surface area contributed by atoms with Crippen LogP contribution < -0.4 is 5.32 Å². The Bertz CT molecular complexity index is 733. The van der Waals surface area contributed by atoms with Gasteiger partial charge in [-0.3, -0.25) is 9.59 Å². The molecule has 22 heavy (non-hydrogen) atoms. The first-order chi connectivity index (χ1) is 10.5. The van der Waals surface area contributed by atoms with Gasteiger partial charge >= 0.3 is 0 Å². The Morgan fingerprint density at radius 1 is 1.05 bits per heavy atom. The van der Waals surface area contributed by atoms with Crippen LogP contribution in [0.5, 0.6) is 0 Å². The second-order valence-electron chi connectivity index (χ2n) is 4.93. The molecule has 0 aliphatic carbocycles. The van der Waals surface area contributed by atoms with Crippen LogP contribution in [0.25, 0.3) is 6.08 Å². The van der Waals surface area contributed by atoms with Gasteiger partial charge in [0.1, 0.15) is 0 Å². The predicted octanol–water partition coefficient (Wildman–Crippen LogP) is 4.26. The molecule has 4 heteroatoms. The van der Waals surface area contributed by atoms with Gasteiger partial charge < -0.3 is 5.32 Å². The SMILES string of the molecule is CC(=O)/C(=C\c1ccc(Cl)cc1)C(=O)Nc1ccccc1C. The van der Waals surface area contributed by atoms with Crippen molar-refractivity contribution in [1.82, 2.24) is 0 Å². The van der Waals surface area contributed by atoms with Gasteiger partial charge in [-0.25, -0.2) is 0 Å². The summed E-state index contributed by atoms with van der Waals surface area (Å²) in [6, 6.07) is 14.4. The first kappa shape index (κ1) is 16.0. The number of hydrogen-bond donors (Lipinski definition) is 1. The van der Waals surface area contributed by atoms with Crippen LogP contribution >= 0.6 is 11.6 Å². The normalized spacial score (nSPS) is 11.1. The molecule has 2 aromatic rings. The highest BCUT2D eigenvalue weighted by molar-refractivity contribution is 6.30. The minimum Gasteiger partial charge on any atom is -0.322 e. The third-order valence-corrected chi connectivity index (χ3v) is 3.45. The molecule has 0 atom stereocenters. The van der Waals surface area contributed by atoms with Crippen LogP contribution in [0.3, 0.4) is 0 Å². The van der Waals surface area contributed by atoms with Crippen LogP contribution in [0.2, 0.25) is 5.02 Å². The number of aryl methyl sites for hydroxylation is 1. The zero-order valence-electron chi connectivity index (χ0n) is 12.4. The first-order valence-corrected chi connectivity index (χ1v) is 7.20. The van der Waals surface area contributed by atoms with E-state index in [-0.39, 0.29) is 11.4 Å². The maximum Gasteiger partial charge on any atom is 0.259 e. The number of ketones is 1. The largest absolute Gasteiger partial charge is 0.322 e. The number of carbonyl (C=O) groups is 2. The van der Waals surface area contributed by atoms with Crippen molar-refractivity contribution < 1.29 is 9.59 Å². The summed E-state index contributed by atoms with van der Waals surface area (Å²) in [7, 11) is 0. The monoisotopic (exact) mass is 313 g/mol. The number of para-hydroxylation sites is 1. The third kappa shape index (κ3) is 4.06. The van der Waals surface area contributed by atoms with Crippen molar-refractivity contribution in [1.29, 1.82) is 0 Å². The van der Waals surface area contributed by atoms with E-state index in [1.807, 2.05) is 25.1 Å². The van der Waals surface area contributed by atoms with Gasteiger partial charge in [0.25, 0.3) is 5.91 Å². The van der Waals surface area contributed by atoms with Crippen molar-refractivity contribution in [3.63, 3.8) is 0 Å². The van der Waals surface area contributed by atoms with Gasteiger partial charge in [-0.1, -0.05) is 41.9 Å². The average Bonchev–Trinajstić information content (AvgIpc) is 2.48. The molecule has 0 fully saturated rings. The molecular weight excluding hydrogens is 298 g/mol. The molecule has 0 aliphatic rings. The van der Waals surface area contributed by atoms with Gasteiger partial charge in [0, 0.05) is 10.7 Å². The Hall–Kier alpha value is -2.39. The molecule has 0 heterocycles. The van der Waals surface area contributed by atoms with Gasteiger partial charge in [0.05, 0.1) is 5.57 Å². The Balaban J connectivity index is 2.28. The number of nitrogens with one attached hydrogen (secondary N) is 1.